The van der Waals surface area contributed by atoms with Crippen LogP contribution in [0, 0.1) is 18.6 Å². The monoisotopic (exact) mass is 456 g/mol. The highest BCUT2D eigenvalue weighted by atomic mass is 35.5. The van der Waals surface area contributed by atoms with E-state index in [-0.39, 0.29) is 38.8 Å². The maximum Gasteiger partial charge on any atom is 0.267 e. The van der Waals surface area contributed by atoms with Gasteiger partial charge >= 0.3 is 0 Å². The molecule has 2 aromatic heterocycles. The van der Waals surface area contributed by atoms with Gasteiger partial charge < -0.3 is 11.1 Å². The van der Waals surface area contributed by atoms with Gasteiger partial charge in [-0.3, -0.25) is 9.59 Å². The third-order valence-electron chi connectivity index (χ3n) is 4.81. The number of pyridine rings is 1. The number of benzene rings is 2. The van der Waals surface area contributed by atoms with Gasteiger partial charge in [-0.2, -0.15) is 0 Å². The summed E-state index contributed by atoms with van der Waals surface area (Å²) in [5.41, 5.74) is 6.49. The Labute approximate surface area is 185 Å². The highest BCUT2D eigenvalue weighted by Crippen LogP contribution is 2.26. The molecule has 0 spiro atoms. The van der Waals surface area contributed by atoms with Crippen LogP contribution < -0.4 is 11.1 Å². The van der Waals surface area contributed by atoms with Crippen LogP contribution in [0.3, 0.4) is 0 Å². The third kappa shape index (κ3) is 4.12. The predicted octanol–water partition coefficient (Wildman–Crippen LogP) is 3.47. The van der Waals surface area contributed by atoms with Gasteiger partial charge in [-0.1, -0.05) is 28.9 Å². The molecule has 0 saturated heterocycles. The van der Waals surface area contributed by atoms with Crippen LogP contribution in [0.2, 0.25) is 5.02 Å². The van der Waals surface area contributed by atoms with Crippen LogP contribution in [0.4, 0.5) is 14.6 Å². The molecule has 0 radical (unpaired) electrons. The molecule has 0 unspecified atom stereocenters. The minimum absolute atomic E-state index is 0.0122. The first-order valence-electron chi connectivity index (χ1n) is 9.28. The van der Waals surface area contributed by atoms with E-state index in [0.717, 1.165) is 11.6 Å². The molecule has 4 aromatic rings. The van der Waals surface area contributed by atoms with Gasteiger partial charge in [0.1, 0.15) is 17.3 Å². The minimum Gasteiger partial charge on any atom is -0.364 e. The maximum absolute atomic E-state index is 13.9. The second kappa shape index (κ2) is 8.31. The number of carbonyl (C=O) groups excluding carboxylic acids is 2. The Balaban J connectivity index is 1.67. The Morgan fingerprint density at radius 1 is 1.16 bits per heavy atom. The summed E-state index contributed by atoms with van der Waals surface area (Å²) in [7, 11) is 0. The number of hydrogen-bond donors (Lipinski definition) is 2. The fourth-order valence-corrected chi connectivity index (χ4v) is 3.26. The predicted molar refractivity (Wildman–Crippen MR) is 113 cm³/mol. The van der Waals surface area contributed by atoms with Crippen LogP contribution in [0.1, 0.15) is 32.1 Å². The van der Waals surface area contributed by atoms with E-state index in [4.69, 9.17) is 17.3 Å². The Hall–Kier alpha value is -3.92. The van der Waals surface area contributed by atoms with Gasteiger partial charge in [0.25, 0.3) is 11.8 Å². The molecule has 0 aliphatic rings. The number of amides is 2. The number of fused-ring (bicyclic) bond motifs is 1. The molecular formula is C21H15ClF2N6O2. The van der Waals surface area contributed by atoms with Crippen molar-refractivity contribution in [3.63, 3.8) is 0 Å². The Morgan fingerprint density at radius 2 is 1.88 bits per heavy atom. The number of nitrogens with two attached hydrogens (primary N) is 1. The standard InChI is InChI=1S/C21H15ClF2N6O2/c1-10-20(28-29-30(10)9-11-2-4-12(23)5-3-11)27-21(32)14-7-18(19(25)31)26-17-8-16(24)15(22)6-13(14)17/h2-8H,9H2,1H3,(H2,25,31)(H,27,32). The van der Waals surface area contributed by atoms with Crippen LogP contribution in [0.25, 0.3) is 10.9 Å². The first-order valence-corrected chi connectivity index (χ1v) is 9.66. The van der Waals surface area contributed by atoms with Gasteiger partial charge in [-0.25, -0.2) is 18.4 Å². The quantitative estimate of drug-likeness (QED) is 0.477. The summed E-state index contributed by atoms with van der Waals surface area (Å²) in [6.07, 6.45) is 0. The Morgan fingerprint density at radius 3 is 2.56 bits per heavy atom. The van der Waals surface area contributed by atoms with Crippen LogP contribution in [-0.2, 0) is 6.54 Å². The number of nitrogens with one attached hydrogen (secondary N) is 1. The number of carbonyl (C=O) groups is 2. The molecule has 0 aliphatic carbocycles. The molecular weight excluding hydrogens is 442 g/mol. The van der Waals surface area contributed by atoms with E-state index in [1.807, 2.05) is 0 Å². The second-order valence-corrected chi connectivity index (χ2v) is 7.37. The molecule has 2 heterocycles. The van der Waals surface area contributed by atoms with Crippen LogP contribution in [0.15, 0.2) is 42.5 Å². The van der Waals surface area contributed by atoms with Crippen molar-refractivity contribution in [1.82, 2.24) is 20.0 Å². The molecule has 0 aliphatic heterocycles. The van der Waals surface area contributed by atoms with Crippen molar-refractivity contribution in [3.05, 3.63) is 81.6 Å². The summed E-state index contributed by atoms with van der Waals surface area (Å²) in [4.78, 5) is 28.6. The van der Waals surface area contributed by atoms with Crippen molar-refractivity contribution in [2.24, 2.45) is 5.73 Å². The third-order valence-corrected chi connectivity index (χ3v) is 5.10. The van der Waals surface area contributed by atoms with E-state index in [1.165, 1.54) is 28.9 Å². The van der Waals surface area contributed by atoms with Crippen LogP contribution in [-0.4, -0.2) is 31.8 Å². The number of anilines is 1. The zero-order valence-electron chi connectivity index (χ0n) is 16.6. The second-order valence-electron chi connectivity index (χ2n) is 6.96. The molecule has 2 aromatic carbocycles. The van der Waals surface area contributed by atoms with Crippen LogP contribution in [0.5, 0.6) is 0 Å². The number of halogens is 3. The van der Waals surface area contributed by atoms with E-state index in [9.17, 15) is 18.4 Å². The molecule has 8 nitrogen and oxygen atoms in total. The molecule has 11 heteroatoms. The fourth-order valence-electron chi connectivity index (χ4n) is 3.10. The van der Waals surface area contributed by atoms with Gasteiger partial charge in [0.2, 0.25) is 0 Å². The van der Waals surface area contributed by atoms with Gasteiger partial charge in [0.15, 0.2) is 5.82 Å². The smallest absolute Gasteiger partial charge is 0.267 e. The van der Waals surface area contributed by atoms with E-state index in [2.05, 4.69) is 20.6 Å². The molecule has 0 atom stereocenters. The van der Waals surface area contributed by atoms with E-state index >= 15 is 0 Å². The number of rotatable bonds is 5. The van der Waals surface area contributed by atoms with Crippen LogP contribution >= 0.6 is 11.6 Å². The molecule has 0 fully saturated rings. The van der Waals surface area contributed by atoms with Crippen molar-refractivity contribution in [3.8, 4) is 0 Å². The lowest BCUT2D eigenvalue weighted by Crippen LogP contribution is -2.18. The number of primary amides is 1. The molecule has 4 rings (SSSR count). The summed E-state index contributed by atoms with van der Waals surface area (Å²) in [6, 6.07) is 9.37. The molecule has 0 saturated carbocycles. The van der Waals surface area contributed by atoms with Crippen molar-refractivity contribution < 1.29 is 18.4 Å². The van der Waals surface area contributed by atoms with Gasteiger partial charge in [-0.15, -0.1) is 5.10 Å². The topological polar surface area (TPSA) is 116 Å². The van der Waals surface area contributed by atoms with Crippen molar-refractivity contribution in [1.29, 1.82) is 0 Å². The van der Waals surface area contributed by atoms with E-state index in [1.54, 1.807) is 19.1 Å². The lowest BCUT2D eigenvalue weighted by atomic mass is 10.1. The highest BCUT2D eigenvalue weighted by molar-refractivity contribution is 6.31. The Kier molecular flexibility index (Phi) is 5.54. The molecule has 32 heavy (non-hydrogen) atoms. The van der Waals surface area contributed by atoms with E-state index < -0.39 is 17.6 Å². The zero-order chi connectivity index (χ0) is 23.0. The van der Waals surface area contributed by atoms with E-state index in [0.29, 0.717) is 12.2 Å². The molecule has 3 N–H and O–H groups in total. The lowest BCUT2D eigenvalue weighted by Gasteiger charge is -2.10. The summed E-state index contributed by atoms with van der Waals surface area (Å²) in [6.45, 7) is 2.01. The van der Waals surface area contributed by atoms with Crippen molar-refractivity contribution in [2.45, 2.75) is 13.5 Å². The lowest BCUT2D eigenvalue weighted by molar-refractivity contribution is 0.0996. The molecule has 0 bridgehead atoms. The summed E-state index contributed by atoms with van der Waals surface area (Å²) < 4.78 is 28.5. The maximum atomic E-state index is 13.9. The normalized spacial score (nSPS) is 11.0. The molecule has 2 amide bonds. The first kappa shape index (κ1) is 21.3. The highest BCUT2D eigenvalue weighted by Gasteiger charge is 2.20. The number of aromatic nitrogens is 4. The average Bonchev–Trinajstić information content (AvgIpc) is 3.09. The van der Waals surface area contributed by atoms with Gasteiger partial charge in [-0.05, 0) is 36.8 Å². The van der Waals surface area contributed by atoms with Crippen molar-refractivity contribution in [2.75, 3.05) is 5.32 Å². The summed E-state index contributed by atoms with van der Waals surface area (Å²) >= 11 is 5.87. The zero-order valence-corrected chi connectivity index (χ0v) is 17.3. The van der Waals surface area contributed by atoms with Gasteiger partial charge in [0, 0.05) is 11.5 Å². The van der Waals surface area contributed by atoms with Gasteiger partial charge in [0.05, 0.1) is 28.3 Å². The number of nitrogens with zero attached hydrogens (tertiary/aromatic N) is 4. The number of hydrogen-bond acceptors (Lipinski definition) is 5. The summed E-state index contributed by atoms with van der Waals surface area (Å²) in [5, 5.41) is 10.6. The molecule has 162 valence electrons. The average molecular weight is 457 g/mol. The minimum atomic E-state index is -0.877. The first-order chi connectivity index (χ1) is 15.2. The summed E-state index contributed by atoms with van der Waals surface area (Å²) in [5.74, 6) is -2.44. The largest absolute Gasteiger partial charge is 0.364 e. The fraction of sp³-hybridized carbons (Fsp3) is 0.0952. The van der Waals surface area contributed by atoms with Crippen molar-refractivity contribution >= 4 is 40.1 Å². The SMILES string of the molecule is Cc1c(NC(=O)c2cc(C(N)=O)nc3cc(F)c(Cl)cc23)nnn1Cc1ccc(F)cc1. The Bertz CT molecular complexity index is 1370.